The first kappa shape index (κ1) is 16.2. The number of hydrogen-bond acceptors (Lipinski definition) is 4. The van der Waals surface area contributed by atoms with E-state index in [1.165, 1.54) is 0 Å². The summed E-state index contributed by atoms with van der Waals surface area (Å²) >= 11 is 0. The Morgan fingerprint density at radius 1 is 1.42 bits per heavy atom. The summed E-state index contributed by atoms with van der Waals surface area (Å²) in [7, 11) is 0. The molecule has 1 fully saturated rings. The second-order valence-electron chi connectivity index (χ2n) is 6.36. The van der Waals surface area contributed by atoms with Crippen molar-refractivity contribution >= 4 is 11.7 Å². The lowest BCUT2D eigenvalue weighted by molar-refractivity contribution is -0.141. The molecule has 0 saturated heterocycles. The Balaban J connectivity index is 2.90. The molecule has 1 N–H and O–H groups in total. The first-order valence-electron chi connectivity index (χ1n) is 7.05. The maximum Gasteiger partial charge on any atom is 0.327 e. The van der Waals surface area contributed by atoms with E-state index in [9.17, 15) is 9.90 Å². The molecular weight excluding hydrogens is 242 g/mol. The Kier molecular flexibility index (Phi) is 4.77. The Morgan fingerprint density at radius 3 is 2.53 bits per heavy atom. The lowest BCUT2D eigenvalue weighted by Gasteiger charge is -2.50. The lowest BCUT2D eigenvalue weighted by atomic mass is 9.57. The first-order chi connectivity index (χ1) is 8.64. The van der Waals surface area contributed by atoms with Crippen molar-refractivity contribution in [3.63, 3.8) is 0 Å². The largest absolute Gasteiger partial charge is 0.465 e. The maximum absolute atomic E-state index is 11.4. The average Bonchev–Trinajstić information content (AvgIpc) is 2.31. The highest BCUT2D eigenvalue weighted by molar-refractivity contribution is 5.94. The van der Waals surface area contributed by atoms with Gasteiger partial charge in [-0.05, 0) is 37.5 Å². The minimum atomic E-state index is -0.956. The molecule has 0 heterocycles. The zero-order valence-electron chi connectivity index (χ0n) is 13.0. The van der Waals surface area contributed by atoms with Gasteiger partial charge in [-0.15, -0.1) is 0 Å². The van der Waals surface area contributed by atoms with Gasteiger partial charge in [0.2, 0.25) is 0 Å². The van der Waals surface area contributed by atoms with Gasteiger partial charge in [0.15, 0.2) is 0 Å². The number of rotatable bonds is 3. The van der Waals surface area contributed by atoms with Crippen molar-refractivity contribution in [2.75, 3.05) is 13.2 Å². The topological polar surface area (TPSA) is 58.9 Å². The summed E-state index contributed by atoms with van der Waals surface area (Å²) in [5.74, 6) is 0.171. The highest BCUT2D eigenvalue weighted by Crippen LogP contribution is 2.48. The molecule has 3 atom stereocenters. The summed E-state index contributed by atoms with van der Waals surface area (Å²) in [6.45, 7) is 12.5. The summed E-state index contributed by atoms with van der Waals surface area (Å²) in [4.78, 5) is 15.7. The van der Waals surface area contributed by atoms with Crippen LogP contribution in [0.2, 0.25) is 0 Å². The standard InChI is InChI=1S/C15H27NO3/c1-7-19-13(17)9-16-12-8-10(2)14(4,5)11(3)15(12,6)18/h10-11,18H,7-9H2,1-6H3/t10-,11-,15-/m0/s1. The van der Waals surface area contributed by atoms with Crippen molar-refractivity contribution in [1.82, 2.24) is 0 Å². The summed E-state index contributed by atoms with van der Waals surface area (Å²) in [6, 6.07) is 0. The third kappa shape index (κ3) is 3.16. The van der Waals surface area contributed by atoms with E-state index in [1.807, 2.05) is 0 Å². The summed E-state index contributed by atoms with van der Waals surface area (Å²) < 4.78 is 4.87. The maximum atomic E-state index is 11.4. The van der Waals surface area contributed by atoms with E-state index >= 15 is 0 Å². The number of aliphatic imine (C=N–C) groups is 1. The fourth-order valence-corrected chi connectivity index (χ4v) is 2.75. The lowest BCUT2D eigenvalue weighted by Crippen LogP contribution is -2.55. The van der Waals surface area contributed by atoms with Gasteiger partial charge >= 0.3 is 5.97 Å². The van der Waals surface area contributed by atoms with Crippen molar-refractivity contribution in [2.24, 2.45) is 22.2 Å². The van der Waals surface area contributed by atoms with Crippen molar-refractivity contribution in [1.29, 1.82) is 0 Å². The molecule has 0 aliphatic heterocycles. The smallest absolute Gasteiger partial charge is 0.327 e. The van der Waals surface area contributed by atoms with E-state index in [2.05, 4.69) is 32.7 Å². The van der Waals surface area contributed by atoms with Crippen LogP contribution in [0.1, 0.15) is 48.0 Å². The molecule has 0 bridgehead atoms. The van der Waals surface area contributed by atoms with Crippen LogP contribution in [-0.4, -0.2) is 35.5 Å². The predicted octanol–water partition coefficient (Wildman–Crippen LogP) is 2.44. The monoisotopic (exact) mass is 269 g/mol. The van der Waals surface area contributed by atoms with Crippen molar-refractivity contribution in [3.05, 3.63) is 0 Å². The Labute approximate surface area is 116 Å². The zero-order valence-corrected chi connectivity index (χ0v) is 13.0. The van der Waals surface area contributed by atoms with E-state index in [-0.39, 0.29) is 23.8 Å². The molecule has 0 aromatic carbocycles. The molecule has 0 radical (unpaired) electrons. The molecule has 1 aliphatic carbocycles. The van der Waals surface area contributed by atoms with Gasteiger partial charge in [-0.3, -0.25) is 9.79 Å². The number of aliphatic hydroxyl groups is 1. The van der Waals surface area contributed by atoms with Crippen LogP contribution in [0.15, 0.2) is 4.99 Å². The van der Waals surface area contributed by atoms with E-state index in [1.54, 1.807) is 13.8 Å². The highest BCUT2D eigenvalue weighted by atomic mass is 16.5. The van der Waals surface area contributed by atoms with Gasteiger partial charge in [0.1, 0.15) is 12.1 Å². The molecule has 0 aromatic rings. The summed E-state index contributed by atoms with van der Waals surface area (Å²) in [5.41, 5.74) is -0.186. The molecule has 0 spiro atoms. The second-order valence-corrected chi connectivity index (χ2v) is 6.36. The number of nitrogens with zero attached hydrogens (tertiary/aromatic N) is 1. The second kappa shape index (κ2) is 5.61. The van der Waals surface area contributed by atoms with E-state index in [0.29, 0.717) is 12.5 Å². The molecule has 110 valence electrons. The molecule has 4 nitrogen and oxygen atoms in total. The molecule has 0 unspecified atom stereocenters. The van der Waals surface area contributed by atoms with Crippen LogP contribution in [0, 0.1) is 17.3 Å². The van der Waals surface area contributed by atoms with Crippen LogP contribution in [0.5, 0.6) is 0 Å². The number of hydrogen-bond donors (Lipinski definition) is 1. The van der Waals surface area contributed by atoms with Crippen LogP contribution < -0.4 is 0 Å². The Bertz CT molecular complexity index is 372. The highest BCUT2D eigenvalue weighted by Gasteiger charge is 2.50. The quantitative estimate of drug-likeness (QED) is 0.801. The van der Waals surface area contributed by atoms with Gasteiger partial charge in [0.05, 0.1) is 6.61 Å². The minimum absolute atomic E-state index is 0.000802. The van der Waals surface area contributed by atoms with Gasteiger partial charge in [-0.1, -0.05) is 27.7 Å². The van der Waals surface area contributed by atoms with Crippen molar-refractivity contribution < 1.29 is 14.6 Å². The molecular formula is C15H27NO3. The van der Waals surface area contributed by atoms with Crippen LogP contribution in [-0.2, 0) is 9.53 Å². The number of carbonyl (C=O) groups excluding carboxylic acids is 1. The Hall–Kier alpha value is -0.900. The molecule has 4 heteroatoms. The summed E-state index contributed by atoms with van der Waals surface area (Å²) in [5, 5.41) is 10.7. The van der Waals surface area contributed by atoms with Gasteiger partial charge in [0, 0.05) is 5.71 Å². The fraction of sp³-hybridized carbons (Fsp3) is 0.867. The van der Waals surface area contributed by atoms with E-state index < -0.39 is 5.60 Å². The Morgan fingerprint density at radius 2 is 2.00 bits per heavy atom. The van der Waals surface area contributed by atoms with Crippen LogP contribution in [0.4, 0.5) is 0 Å². The van der Waals surface area contributed by atoms with Crippen LogP contribution >= 0.6 is 0 Å². The molecule has 1 saturated carbocycles. The van der Waals surface area contributed by atoms with Crippen molar-refractivity contribution in [2.45, 2.75) is 53.6 Å². The van der Waals surface area contributed by atoms with Crippen molar-refractivity contribution in [3.8, 4) is 0 Å². The SMILES string of the molecule is CCOC(=O)CN=C1C[C@H](C)C(C)(C)[C@H](C)[C@]1(C)O. The number of ether oxygens (including phenoxy) is 1. The van der Waals surface area contributed by atoms with Gasteiger partial charge in [0.25, 0.3) is 0 Å². The number of esters is 1. The number of carbonyl (C=O) groups is 1. The molecule has 0 aromatic heterocycles. The minimum Gasteiger partial charge on any atom is -0.465 e. The van der Waals surface area contributed by atoms with Crippen LogP contribution in [0.3, 0.4) is 0 Å². The van der Waals surface area contributed by atoms with Crippen LogP contribution in [0.25, 0.3) is 0 Å². The molecule has 0 amide bonds. The summed E-state index contributed by atoms with van der Waals surface area (Å²) in [6.07, 6.45) is 0.726. The van der Waals surface area contributed by atoms with Gasteiger partial charge < -0.3 is 9.84 Å². The van der Waals surface area contributed by atoms with E-state index in [0.717, 1.165) is 12.1 Å². The predicted molar refractivity (Wildman–Crippen MR) is 76.3 cm³/mol. The third-order valence-electron chi connectivity index (χ3n) is 5.02. The molecule has 1 rings (SSSR count). The zero-order chi connectivity index (χ0) is 14.8. The first-order valence-corrected chi connectivity index (χ1v) is 7.05. The van der Waals surface area contributed by atoms with E-state index in [4.69, 9.17) is 4.74 Å². The third-order valence-corrected chi connectivity index (χ3v) is 5.02. The molecule has 19 heavy (non-hydrogen) atoms. The normalized spacial score (nSPS) is 36.3. The fourth-order valence-electron chi connectivity index (χ4n) is 2.75. The average molecular weight is 269 g/mol. The van der Waals surface area contributed by atoms with Gasteiger partial charge in [-0.25, -0.2) is 0 Å². The van der Waals surface area contributed by atoms with Gasteiger partial charge in [-0.2, -0.15) is 0 Å². The molecule has 1 aliphatic rings.